The van der Waals surface area contributed by atoms with E-state index in [1.54, 1.807) is 29.5 Å². The number of methoxy groups -OCH3 is 1. The van der Waals surface area contributed by atoms with Gasteiger partial charge in [-0.15, -0.1) is 0 Å². The first-order valence-electron chi connectivity index (χ1n) is 9.14. The van der Waals surface area contributed by atoms with E-state index in [0.29, 0.717) is 29.9 Å². The van der Waals surface area contributed by atoms with Crippen LogP contribution in [0.1, 0.15) is 12.0 Å². The molecule has 0 fully saturated rings. The first-order chi connectivity index (χ1) is 13.7. The minimum Gasteiger partial charge on any atom is -0.497 e. The number of thioether (sulfide) groups is 1. The van der Waals surface area contributed by atoms with Crippen molar-refractivity contribution in [1.82, 2.24) is 14.1 Å². The minimum absolute atomic E-state index is 0.0428. The normalized spacial score (nSPS) is 13.8. The van der Waals surface area contributed by atoms with Gasteiger partial charge in [0, 0.05) is 24.2 Å². The van der Waals surface area contributed by atoms with Crippen LogP contribution in [0.25, 0.3) is 21.9 Å². The van der Waals surface area contributed by atoms with E-state index in [9.17, 15) is 9.18 Å². The van der Waals surface area contributed by atoms with E-state index in [0.717, 1.165) is 33.8 Å². The molecule has 0 N–H and O–H groups in total. The van der Waals surface area contributed by atoms with E-state index in [1.165, 1.54) is 12.1 Å². The third-order valence-corrected chi connectivity index (χ3v) is 6.18. The highest BCUT2D eigenvalue weighted by Crippen LogP contribution is 2.32. The second-order valence-corrected chi connectivity index (χ2v) is 7.91. The highest BCUT2D eigenvalue weighted by Gasteiger charge is 2.22. The molecule has 0 unspecified atom stereocenters. The molecule has 2 aromatic heterocycles. The molecule has 0 saturated heterocycles. The van der Waals surface area contributed by atoms with Gasteiger partial charge in [-0.1, -0.05) is 23.9 Å². The number of aromatic nitrogens is 3. The Morgan fingerprint density at radius 1 is 1.25 bits per heavy atom. The lowest BCUT2D eigenvalue weighted by Crippen LogP contribution is -2.27. The van der Waals surface area contributed by atoms with Crippen LogP contribution in [0, 0.1) is 5.82 Å². The van der Waals surface area contributed by atoms with Crippen LogP contribution in [0.15, 0.2) is 52.4 Å². The first kappa shape index (κ1) is 17.3. The summed E-state index contributed by atoms with van der Waals surface area (Å²) in [6.07, 6.45) is 0.947. The summed E-state index contributed by atoms with van der Waals surface area (Å²) in [5, 5.41) is 1.63. The van der Waals surface area contributed by atoms with Crippen LogP contribution in [-0.4, -0.2) is 27.0 Å². The summed E-state index contributed by atoms with van der Waals surface area (Å²) in [5.41, 5.74) is 2.87. The van der Waals surface area contributed by atoms with E-state index in [2.05, 4.69) is 0 Å². The fourth-order valence-corrected chi connectivity index (χ4v) is 4.76. The molecule has 2 aromatic carbocycles. The van der Waals surface area contributed by atoms with Crippen LogP contribution < -0.4 is 10.3 Å². The molecule has 0 saturated carbocycles. The fourth-order valence-electron chi connectivity index (χ4n) is 3.82. The van der Waals surface area contributed by atoms with Gasteiger partial charge in [0.25, 0.3) is 5.56 Å². The lowest BCUT2D eigenvalue weighted by atomic mass is 10.2. The number of hydrogen-bond donors (Lipinski definition) is 0. The molecule has 0 radical (unpaired) electrons. The maximum absolute atomic E-state index is 13.7. The summed E-state index contributed by atoms with van der Waals surface area (Å²) in [5.74, 6) is 1.39. The van der Waals surface area contributed by atoms with Gasteiger partial charge >= 0.3 is 0 Å². The number of ether oxygens (including phenoxy) is 1. The Kier molecular flexibility index (Phi) is 4.12. The largest absolute Gasteiger partial charge is 0.497 e. The van der Waals surface area contributed by atoms with Crippen LogP contribution in [0.3, 0.4) is 0 Å². The SMILES string of the molecule is COc1ccc2c(c1)c1nc3n(c(=O)c1n2Cc1cccc(F)c1)CCCS3. The van der Waals surface area contributed by atoms with Gasteiger partial charge in [-0.05, 0) is 42.3 Å². The molecule has 3 heterocycles. The maximum atomic E-state index is 13.7. The van der Waals surface area contributed by atoms with Crippen LogP contribution in [0.5, 0.6) is 5.75 Å². The van der Waals surface area contributed by atoms with Crippen molar-refractivity contribution in [1.29, 1.82) is 0 Å². The zero-order chi connectivity index (χ0) is 19.3. The standard InChI is InChI=1S/C21H18FN3O2S/c1-27-15-6-7-17-16(11-15)18-19(20(26)24-8-3-9-28-21(24)23-18)25(17)12-13-4-2-5-14(22)10-13/h2,4-7,10-11H,3,8-9,12H2,1H3. The molecule has 0 amide bonds. The third kappa shape index (κ3) is 2.69. The Hall–Kier alpha value is -2.80. The molecular formula is C21H18FN3O2S. The van der Waals surface area contributed by atoms with Crippen LogP contribution in [0.4, 0.5) is 4.39 Å². The highest BCUT2D eigenvalue weighted by atomic mass is 32.2. The summed E-state index contributed by atoms with van der Waals surface area (Å²) >= 11 is 1.61. The van der Waals surface area contributed by atoms with Crippen molar-refractivity contribution in [3.8, 4) is 5.75 Å². The summed E-state index contributed by atoms with van der Waals surface area (Å²) in [4.78, 5) is 18.2. The first-order valence-corrected chi connectivity index (χ1v) is 10.1. The quantitative estimate of drug-likeness (QED) is 0.491. The maximum Gasteiger partial charge on any atom is 0.278 e. The second-order valence-electron chi connectivity index (χ2n) is 6.85. The minimum atomic E-state index is -0.288. The summed E-state index contributed by atoms with van der Waals surface area (Å²) in [7, 11) is 1.62. The number of halogens is 1. The Bertz CT molecular complexity index is 1280. The van der Waals surface area contributed by atoms with Gasteiger partial charge in [-0.3, -0.25) is 9.36 Å². The van der Waals surface area contributed by atoms with Gasteiger partial charge < -0.3 is 9.30 Å². The van der Waals surface area contributed by atoms with Crippen LogP contribution >= 0.6 is 11.8 Å². The van der Waals surface area contributed by atoms with Gasteiger partial charge in [0.2, 0.25) is 0 Å². The number of fused-ring (bicyclic) bond motifs is 4. The van der Waals surface area contributed by atoms with E-state index in [-0.39, 0.29) is 11.4 Å². The van der Waals surface area contributed by atoms with Crippen molar-refractivity contribution < 1.29 is 9.13 Å². The van der Waals surface area contributed by atoms with Gasteiger partial charge in [0.1, 0.15) is 22.6 Å². The predicted octanol–water partition coefficient (Wildman–Crippen LogP) is 4.04. The molecule has 1 aliphatic heterocycles. The third-order valence-electron chi connectivity index (χ3n) is 5.12. The van der Waals surface area contributed by atoms with Gasteiger partial charge in [-0.2, -0.15) is 0 Å². The Balaban J connectivity index is 1.84. The monoisotopic (exact) mass is 395 g/mol. The molecule has 0 bridgehead atoms. The molecule has 0 aliphatic carbocycles. The molecule has 28 heavy (non-hydrogen) atoms. The highest BCUT2D eigenvalue weighted by molar-refractivity contribution is 7.99. The van der Waals surface area contributed by atoms with Crippen molar-refractivity contribution in [2.45, 2.75) is 24.7 Å². The average molecular weight is 395 g/mol. The van der Waals surface area contributed by atoms with Crippen LogP contribution in [-0.2, 0) is 13.1 Å². The van der Waals surface area contributed by atoms with Crippen molar-refractivity contribution >= 4 is 33.7 Å². The van der Waals surface area contributed by atoms with Crippen molar-refractivity contribution in [2.75, 3.05) is 12.9 Å². The van der Waals surface area contributed by atoms with E-state index < -0.39 is 0 Å². The molecule has 4 aromatic rings. The van der Waals surface area contributed by atoms with Crippen molar-refractivity contribution in [2.24, 2.45) is 0 Å². The molecule has 142 valence electrons. The zero-order valence-electron chi connectivity index (χ0n) is 15.3. The van der Waals surface area contributed by atoms with Gasteiger partial charge in [0.05, 0.1) is 12.6 Å². The molecule has 7 heteroatoms. The smallest absolute Gasteiger partial charge is 0.278 e. The topological polar surface area (TPSA) is 49.1 Å². The van der Waals surface area contributed by atoms with E-state index in [4.69, 9.17) is 9.72 Å². The molecule has 5 rings (SSSR count). The molecule has 1 aliphatic rings. The zero-order valence-corrected chi connectivity index (χ0v) is 16.1. The van der Waals surface area contributed by atoms with E-state index >= 15 is 0 Å². The average Bonchev–Trinajstić information content (AvgIpc) is 3.01. The molecular weight excluding hydrogens is 377 g/mol. The summed E-state index contributed by atoms with van der Waals surface area (Å²) in [6, 6.07) is 12.2. The Morgan fingerprint density at radius 3 is 2.96 bits per heavy atom. The number of nitrogens with zero attached hydrogens (tertiary/aromatic N) is 3. The van der Waals surface area contributed by atoms with Gasteiger partial charge in [0.15, 0.2) is 5.16 Å². The molecule has 5 nitrogen and oxygen atoms in total. The van der Waals surface area contributed by atoms with Crippen molar-refractivity contribution in [3.05, 3.63) is 64.2 Å². The lowest BCUT2D eigenvalue weighted by molar-refractivity contribution is 0.415. The number of hydrogen-bond acceptors (Lipinski definition) is 4. The molecule has 0 atom stereocenters. The summed E-state index contributed by atoms with van der Waals surface area (Å²) < 4.78 is 22.8. The van der Waals surface area contributed by atoms with Gasteiger partial charge in [-0.25, -0.2) is 9.37 Å². The van der Waals surface area contributed by atoms with E-state index in [1.807, 2.05) is 28.8 Å². The number of benzene rings is 2. The number of rotatable bonds is 3. The molecule has 0 spiro atoms. The Morgan fingerprint density at radius 2 is 2.14 bits per heavy atom. The second kappa shape index (κ2) is 6.67. The van der Waals surface area contributed by atoms with Crippen LogP contribution in [0.2, 0.25) is 0 Å². The Labute approximate surface area is 164 Å². The van der Waals surface area contributed by atoms with Crippen molar-refractivity contribution in [3.63, 3.8) is 0 Å². The lowest BCUT2D eigenvalue weighted by Gasteiger charge is -2.17. The predicted molar refractivity (Wildman–Crippen MR) is 109 cm³/mol. The summed E-state index contributed by atoms with van der Waals surface area (Å²) in [6.45, 7) is 1.07. The fraction of sp³-hybridized carbons (Fsp3) is 0.238.